The van der Waals surface area contributed by atoms with Gasteiger partial charge in [0.15, 0.2) is 5.96 Å². The number of aliphatic hydroxyl groups excluding tert-OH is 1. The van der Waals surface area contributed by atoms with E-state index in [1.807, 2.05) is 0 Å². The molecule has 0 saturated carbocycles. The van der Waals surface area contributed by atoms with Crippen LogP contribution in [-0.4, -0.2) is 71.3 Å². The van der Waals surface area contributed by atoms with E-state index in [0.717, 1.165) is 64.5 Å². The first-order chi connectivity index (χ1) is 11.6. The van der Waals surface area contributed by atoms with Crippen molar-refractivity contribution in [3.63, 3.8) is 0 Å². The molecule has 2 N–H and O–H groups in total. The summed E-state index contributed by atoms with van der Waals surface area (Å²) in [4.78, 5) is 9.38. The molecule has 144 valence electrons. The molecular weight excluding hydrogens is 429 g/mol. The standard InChI is InChI=1S/C18H33N5O.HI/c1-4-19-18(22(3)15-16-7-5-11-21(16)2)20-10-6-12-23-13-8-17(24)9-14-23;/h5,7,11,17,24H,4,6,8-10,12-15H2,1-3H3,(H,19,20);1H. The molecule has 0 spiro atoms. The maximum Gasteiger partial charge on any atom is 0.194 e. The molecule has 1 aromatic heterocycles. The Balaban J connectivity index is 0.00000312. The molecule has 1 fully saturated rings. The van der Waals surface area contributed by atoms with E-state index in [2.05, 4.69) is 59.0 Å². The molecular formula is C18H34IN5O. The number of likely N-dealkylation sites (tertiary alicyclic amines) is 1. The van der Waals surface area contributed by atoms with Crippen molar-refractivity contribution in [3.05, 3.63) is 24.0 Å². The summed E-state index contributed by atoms with van der Waals surface area (Å²) in [5.41, 5.74) is 1.27. The number of halogens is 1. The highest BCUT2D eigenvalue weighted by Gasteiger charge is 2.16. The molecule has 0 aliphatic carbocycles. The molecule has 1 aromatic rings. The van der Waals surface area contributed by atoms with Crippen molar-refractivity contribution in [1.29, 1.82) is 0 Å². The maximum atomic E-state index is 9.55. The molecule has 7 heteroatoms. The van der Waals surface area contributed by atoms with Crippen LogP contribution in [0.3, 0.4) is 0 Å². The number of hydrogen-bond acceptors (Lipinski definition) is 3. The largest absolute Gasteiger partial charge is 0.393 e. The minimum Gasteiger partial charge on any atom is -0.393 e. The van der Waals surface area contributed by atoms with E-state index in [0.29, 0.717) is 0 Å². The van der Waals surface area contributed by atoms with E-state index in [4.69, 9.17) is 4.99 Å². The third-order valence-electron chi connectivity index (χ3n) is 4.60. The zero-order valence-electron chi connectivity index (χ0n) is 15.8. The van der Waals surface area contributed by atoms with Crippen LogP contribution in [0.25, 0.3) is 0 Å². The van der Waals surface area contributed by atoms with Gasteiger partial charge in [-0.3, -0.25) is 4.99 Å². The van der Waals surface area contributed by atoms with Crippen LogP contribution in [0.15, 0.2) is 23.3 Å². The van der Waals surface area contributed by atoms with Crippen LogP contribution in [0.4, 0.5) is 0 Å². The summed E-state index contributed by atoms with van der Waals surface area (Å²) >= 11 is 0. The van der Waals surface area contributed by atoms with Gasteiger partial charge in [-0.1, -0.05) is 0 Å². The average Bonchev–Trinajstić information content (AvgIpc) is 2.97. The quantitative estimate of drug-likeness (QED) is 0.281. The fourth-order valence-electron chi connectivity index (χ4n) is 3.07. The minimum atomic E-state index is -0.0919. The summed E-state index contributed by atoms with van der Waals surface area (Å²) in [6, 6.07) is 4.22. The number of nitrogens with zero attached hydrogens (tertiary/aromatic N) is 4. The Bertz CT molecular complexity index is 511. The predicted molar refractivity (Wildman–Crippen MR) is 115 cm³/mol. The van der Waals surface area contributed by atoms with Crippen molar-refractivity contribution in [1.82, 2.24) is 19.7 Å². The van der Waals surface area contributed by atoms with Crippen LogP contribution in [0.2, 0.25) is 0 Å². The summed E-state index contributed by atoms with van der Waals surface area (Å²) in [6.07, 6.45) is 4.85. The van der Waals surface area contributed by atoms with Crippen LogP contribution in [-0.2, 0) is 13.6 Å². The van der Waals surface area contributed by atoms with Crippen molar-refractivity contribution in [3.8, 4) is 0 Å². The molecule has 0 unspecified atom stereocenters. The molecule has 1 aliphatic rings. The lowest BCUT2D eigenvalue weighted by atomic mass is 10.1. The van der Waals surface area contributed by atoms with Crippen LogP contribution in [0, 0.1) is 0 Å². The second kappa shape index (κ2) is 11.7. The highest BCUT2D eigenvalue weighted by atomic mass is 127. The average molecular weight is 463 g/mol. The van der Waals surface area contributed by atoms with Gasteiger partial charge >= 0.3 is 0 Å². The summed E-state index contributed by atoms with van der Waals surface area (Å²) in [6.45, 7) is 7.75. The molecule has 0 amide bonds. The SMILES string of the molecule is CCNC(=NCCCN1CCC(O)CC1)N(C)Cc1cccn1C.I. The Hall–Kier alpha value is -0.800. The minimum absolute atomic E-state index is 0. The topological polar surface area (TPSA) is 56.0 Å². The van der Waals surface area contributed by atoms with Gasteiger partial charge in [-0.25, -0.2) is 0 Å². The van der Waals surface area contributed by atoms with Crippen LogP contribution in [0.1, 0.15) is 31.9 Å². The van der Waals surface area contributed by atoms with Crippen molar-refractivity contribution in [2.45, 2.75) is 38.8 Å². The molecule has 0 bridgehead atoms. The van der Waals surface area contributed by atoms with E-state index >= 15 is 0 Å². The molecule has 2 rings (SSSR count). The number of rotatable bonds is 7. The van der Waals surface area contributed by atoms with Gasteiger partial charge in [-0.05, 0) is 44.9 Å². The highest BCUT2D eigenvalue weighted by molar-refractivity contribution is 14.0. The molecule has 1 aliphatic heterocycles. The van der Waals surface area contributed by atoms with E-state index in [9.17, 15) is 5.11 Å². The summed E-state index contributed by atoms with van der Waals surface area (Å²) in [7, 11) is 4.16. The predicted octanol–water partition coefficient (Wildman–Crippen LogP) is 1.89. The number of guanidine groups is 1. The lowest BCUT2D eigenvalue weighted by Crippen LogP contribution is -2.39. The Morgan fingerprint density at radius 1 is 1.40 bits per heavy atom. The summed E-state index contributed by atoms with van der Waals surface area (Å²) in [5, 5.41) is 12.9. The van der Waals surface area contributed by atoms with Crippen LogP contribution in [0.5, 0.6) is 0 Å². The fraction of sp³-hybridized carbons (Fsp3) is 0.722. The van der Waals surface area contributed by atoms with Crippen molar-refractivity contribution < 1.29 is 5.11 Å². The Labute approximate surface area is 169 Å². The van der Waals surface area contributed by atoms with E-state index in [1.165, 1.54) is 5.69 Å². The zero-order valence-corrected chi connectivity index (χ0v) is 18.1. The summed E-state index contributed by atoms with van der Waals surface area (Å²) < 4.78 is 2.14. The number of aliphatic hydroxyl groups is 1. The summed E-state index contributed by atoms with van der Waals surface area (Å²) in [5.74, 6) is 0.966. The lowest BCUT2D eigenvalue weighted by Gasteiger charge is -2.29. The van der Waals surface area contributed by atoms with Gasteiger partial charge in [0.2, 0.25) is 0 Å². The van der Waals surface area contributed by atoms with Gasteiger partial charge in [-0.15, -0.1) is 24.0 Å². The first kappa shape index (κ1) is 22.2. The molecule has 2 heterocycles. The highest BCUT2D eigenvalue weighted by Crippen LogP contribution is 2.10. The normalized spacial score (nSPS) is 16.6. The van der Waals surface area contributed by atoms with E-state index in [1.54, 1.807) is 0 Å². The number of piperidine rings is 1. The monoisotopic (exact) mass is 463 g/mol. The fourth-order valence-corrected chi connectivity index (χ4v) is 3.07. The lowest BCUT2D eigenvalue weighted by molar-refractivity contribution is 0.0824. The Morgan fingerprint density at radius 2 is 2.12 bits per heavy atom. The molecule has 6 nitrogen and oxygen atoms in total. The first-order valence-electron chi connectivity index (χ1n) is 9.10. The Kier molecular flexibility index (Phi) is 10.4. The smallest absolute Gasteiger partial charge is 0.194 e. The molecule has 0 atom stereocenters. The van der Waals surface area contributed by atoms with Gasteiger partial charge in [0.1, 0.15) is 0 Å². The first-order valence-corrected chi connectivity index (χ1v) is 9.10. The number of aryl methyl sites for hydroxylation is 1. The van der Waals surface area contributed by atoms with Gasteiger partial charge in [-0.2, -0.15) is 0 Å². The van der Waals surface area contributed by atoms with Gasteiger partial charge < -0.3 is 24.8 Å². The molecule has 1 saturated heterocycles. The second-order valence-electron chi connectivity index (χ2n) is 6.63. The number of nitrogens with one attached hydrogen (secondary N) is 1. The van der Waals surface area contributed by atoms with Crippen LogP contribution >= 0.6 is 24.0 Å². The van der Waals surface area contributed by atoms with Crippen LogP contribution < -0.4 is 5.32 Å². The van der Waals surface area contributed by atoms with Gasteiger partial charge in [0.25, 0.3) is 0 Å². The van der Waals surface area contributed by atoms with Crippen molar-refractivity contribution in [2.75, 3.05) is 39.8 Å². The molecule has 0 radical (unpaired) electrons. The van der Waals surface area contributed by atoms with Crippen molar-refractivity contribution >= 4 is 29.9 Å². The third-order valence-corrected chi connectivity index (χ3v) is 4.60. The molecule has 0 aromatic carbocycles. The zero-order chi connectivity index (χ0) is 17.4. The van der Waals surface area contributed by atoms with Crippen molar-refractivity contribution in [2.24, 2.45) is 12.0 Å². The number of hydrogen-bond donors (Lipinski definition) is 2. The Morgan fingerprint density at radius 3 is 2.72 bits per heavy atom. The van der Waals surface area contributed by atoms with E-state index < -0.39 is 0 Å². The second-order valence-corrected chi connectivity index (χ2v) is 6.63. The van der Waals surface area contributed by atoms with Gasteiger partial charge in [0, 0.05) is 52.2 Å². The number of aliphatic imine (C=N–C) groups is 1. The maximum absolute atomic E-state index is 9.55. The van der Waals surface area contributed by atoms with E-state index in [-0.39, 0.29) is 30.1 Å². The van der Waals surface area contributed by atoms with Gasteiger partial charge in [0.05, 0.1) is 12.6 Å². The third kappa shape index (κ3) is 7.53. The molecule has 25 heavy (non-hydrogen) atoms. The number of aromatic nitrogens is 1.